The first kappa shape index (κ1) is 23.6. The van der Waals surface area contributed by atoms with Crippen molar-refractivity contribution in [2.24, 2.45) is 0 Å². The Morgan fingerprint density at radius 3 is 2.41 bits per heavy atom. The molecule has 3 aromatic rings. The number of rotatable bonds is 8. The molecule has 0 atom stereocenters. The second-order valence-electron chi connectivity index (χ2n) is 6.61. The Morgan fingerprint density at radius 2 is 1.81 bits per heavy atom. The van der Waals surface area contributed by atoms with Gasteiger partial charge in [-0.2, -0.15) is 0 Å². The van der Waals surface area contributed by atoms with Gasteiger partial charge in [-0.3, -0.25) is 13.9 Å². The molecule has 0 saturated carbocycles. The van der Waals surface area contributed by atoms with Crippen molar-refractivity contribution in [2.45, 2.75) is 11.1 Å². The summed E-state index contributed by atoms with van der Waals surface area (Å²) in [4.78, 5) is 23.3. The molecule has 3 rings (SSSR count). The van der Waals surface area contributed by atoms with Gasteiger partial charge in [0.05, 0.1) is 16.4 Å². The van der Waals surface area contributed by atoms with Gasteiger partial charge in [0.25, 0.3) is 15.9 Å². The number of halogens is 1. The molecule has 0 saturated heterocycles. The summed E-state index contributed by atoms with van der Waals surface area (Å²) in [5.74, 6) is -0.258. The van der Waals surface area contributed by atoms with Crippen molar-refractivity contribution in [3.05, 3.63) is 65.0 Å². The molecule has 0 bridgehead atoms. The van der Waals surface area contributed by atoms with E-state index in [0.717, 1.165) is 11.3 Å². The Labute approximate surface area is 194 Å². The monoisotopic (exact) mass is 493 g/mol. The quantitative estimate of drug-likeness (QED) is 0.489. The summed E-state index contributed by atoms with van der Waals surface area (Å²) < 4.78 is 32.1. The first-order valence-electron chi connectivity index (χ1n) is 9.29. The lowest BCUT2D eigenvalue weighted by Gasteiger charge is -2.18. The summed E-state index contributed by atoms with van der Waals surface area (Å²) in [6.45, 7) is 1.11. The van der Waals surface area contributed by atoms with E-state index >= 15 is 0 Å². The van der Waals surface area contributed by atoms with E-state index in [1.165, 1.54) is 24.3 Å². The molecule has 1 aromatic heterocycles. The highest BCUT2D eigenvalue weighted by Crippen LogP contribution is 2.27. The fraction of sp³-hybridized carbons (Fsp3) is 0.143. The maximum atomic E-state index is 12.6. The van der Waals surface area contributed by atoms with Crippen LogP contribution in [0.25, 0.3) is 0 Å². The molecule has 0 unspecified atom stereocenters. The third-order valence-electron chi connectivity index (χ3n) is 4.24. The Bertz CT molecular complexity index is 1210. The number of anilines is 3. The van der Waals surface area contributed by atoms with Gasteiger partial charge in [-0.15, -0.1) is 11.3 Å². The molecule has 8 nitrogen and oxygen atoms in total. The molecular formula is C21H20ClN3O5S2. The van der Waals surface area contributed by atoms with Gasteiger partial charge < -0.3 is 15.4 Å². The van der Waals surface area contributed by atoms with Crippen LogP contribution in [0.15, 0.2) is 64.2 Å². The lowest BCUT2D eigenvalue weighted by molar-refractivity contribution is -0.118. The lowest BCUT2D eigenvalue weighted by atomic mass is 10.2. The number of carbonyl (C=O) groups excluding carboxylic acids is 2. The topological polar surface area (TPSA) is 105 Å². The van der Waals surface area contributed by atoms with Crippen LogP contribution in [0, 0.1) is 0 Å². The van der Waals surface area contributed by atoms with E-state index in [-0.39, 0.29) is 21.7 Å². The fourth-order valence-corrected chi connectivity index (χ4v) is 5.25. The molecule has 11 heteroatoms. The standard InChI is InChI=1S/C21H20ClN3O5S2/c1-14(26)23-15-5-10-19(18(22)12-15)24-20(27)13-30-17-8-6-16(7-9-17)25(2)32(28,29)21-4-3-11-31-21/h3-12H,13H2,1-2H3,(H,23,26)(H,24,27). The Hall–Kier alpha value is -3.08. The Morgan fingerprint density at radius 1 is 1.09 bits per heavy atom. The number of sulfonamides is 1. The van der Waals surface area contributed by atoms with Crippen LogP contribution < -0.4 is 19.7 Å². The smallest absolute Gasteiger partial charge is 0.273 e. The van der Waals surface area contributed by atoms with Gasteiger partial charge in [0.2, 0.25) is 5.91 Å². The van der Waals surface area contributed by atoms with Gasteiger partial charge in [0.15, 0.2) is 6.61 Å². The summed E-state index contributed by atoms with van der Waals surface area (Å²) in [6, 6.07) is 14.3. The van der Waals surface area contributed by atoms with Gasteiger partial charge in [-0.25, -0.2) is 8.42 Å². The van der Waals surface area contributed by atoms with E-state index in [2.05, 4.69) is 10.6 Å². The zero-order chi connectivity index (χ0) is 23.3. The molecule has 32 heavy (non-hydrogen) atoms. The maximum Gasteiger partial charge on any atom is 0.273 e. The highest BCUT2D eigenvalue weighted by Gasteiger charge is 2.22. The fourth-order valence-electron chi connectivity index (χ4n) is 2.67. The number of amides is 2. The highest BCUT2D eigenvalue weighted by atomic mass is 35.5. The van der Waals surface area contributed by atoms with Gasteiger partial charge >= 0.3 is 0 Å². The van der Waals surface area contributed by atoms with E-state index < -0.39 is 15.9 Å². The lowest BCUT2D eigenvalue weighted by Crippen LogP contribution is -2.25. The predicted molar refractivity (Wildman–Crippen MR) is 126 cm³/mol. The van der Waals surface area contributed by atoms with Gasteiger partial charge in [-0.05, 0) is 53.9 Å². The van der Waals surface area contributed by atoms with Crippen molar-refractivity contribution in [3.63, 3.8) is 0 Å². The second kappa shape index (κ2) is 10.0. The number of hydrogen-bond acceptors (Lipinski definition) is 6. The van der Waals surface area contributed by atoms with Crippen LogP contribution in [0.3, 0.4) is 0 Å². The Balaban J connectivity index is 1.57. The van der Waals surface area contributed by atoms with Crippen LogP contribution in [0.1, 0.15) is 6.92 Å². The van der Waals surface area contributed by atoms with Crippen LogP contribution >= 0.6 is 22.9 Å². The number of ether oxygens (including phenoxy) is 1. The SMILES string of the molecule is CC(=O)Nc1ccc(NC(=O)COc2ccc(N(C)S(=O)(=O)c3cccs3)cc2)c(Cl)c1. The van der Waals surface area contributed by atoms with E-state index in [9.17, 15) is 18.0 Å². The van der Waals surface area contributed by atoms with Crippen LogP contribution in [0.4, 0.5) is 17.1 Å². The summed E-state index contributed by atoms with van der Waals surface area (Å²) in [5, 5.41) is 7.20. The minimum atomic E-state index is -3.62. The zero-order valence-electron chi connectivity index (χ0n) is 17.2. The summed E-state index contributed by atoms with van der Waals surface area (Å²) in [7, 11) is -2.15. The first-order valence-corrected chi connectivity index (χ1v) is 12.0. The largest absolute Gasteiger partial charge is 0.484 e. The van der Waals surface area contributed by atoms with Crippen molar-refractivity contribution in [1.29, 1.82) is 0 Å². The second-order valence-corrected chi connectivity index (χ2v) is 10.2. The van der Waals surface area contributed by atoms with Crippen LogP contribution in [-0.2, 0) is 19.6 Å². The molecule has 2 N–H and O–H groups in total. The van der Waals surface area contributed by atoms with Crippen LogP contribution in [0.2, 0.25) is 5.02 Å². The molecular weight excluding hydrogens is 474 g/mol. The van der Waals surface area contributed by atoms with Gasteiger partial charge in [0.1, 0.15) is 9.96 Å². The summed E-state index contributed by atoms with van der Waals surface area (Å²) in [5.41, 5.74) is 1.36. The van der Waals surface area contributed by atoms with E-state index in [1.54, 1.807) is 53.9 Å². The highest BCUT2D eigenvalue weighted by molar-refractivity contribution is 7.94. The number of carbonyl (C=O) groups is 2. The Kier molecular flexibility index (Phi) is 7.39. The first-order chi connectivity index (χ1) is 15.2. The van der Waals surface area contributed by atoms with Crippen LogP contribution in [-0.4, -0.2) is 33.9 Å². The number of nitrogens with one attached hydrogen (secondary N) is 2. The van der Waals surface area contributed by atoms with Crippen LogP contribution in [0.5, 0.6) is 5.75 Å². The molecule has 0 aliphatic heterocycles. The third-order valence-corrected chi connectivity index (χ3v) is 7.71. The molecule has 0 aliphatic rings. The molecule has 1 heterocycles. The molecule has 0 spiro atoms. The van der Waals surface area contributed by atoms with Crippen molar-refractivity contribution in [1.82, 2.24) is 0 Å². The van der Waals surface area contributed by atoms with Crippen molar-refractivity contribution in [2.75, 3.05) is 28.6 Å². The summed E-state index contributed by atoms with van der Waals surface area (Å²) >= 11 is 7.28. The number of thiophene rings is 1. The summed E-state index contributed by atoms with van der Waals surface area (Å²) in [6.07, 6.45) is 0. The number of nitrogens with zero attached hydrogens (tertiary/aromatic N) is 1. The van der Waals surface area contributed by atoms with E-state index in [4.69, 9.17) is 16.3 Å². The average Bonchev–Trinajstić information content (AvgIpc) is 3.29. The van der Waals surface area contributed by atoms with Gasteiger partial charge in [0, 0.05) is 19.7 Å². The van der Waals surface area contributed by atoms with Crippen molar-refractivity contribution in [3.8, 4) is 5.75 Å². The molecule has 0 radical (unpaired) electrons. The molecule has 2 amide bonds. The van der Waals surface area contributed by atoms with E-state index in [1.807, 2.05) is 0 Å². The average molecular weight is 494 g/mol. The maximum absolute atomic E-state index is 12.6. The molecule has 0 fully saturated rings. The normalized spacial score (nSPS) is 11.0. The molecule has 2 aromatic carbocycles. The van der Waals surface area contributed by atoms with Gasteiger partial charge in [-0.1, -0.05) is 17.7 Å². The third kappa shape index (κ3) is 5.78. The number of hydrogen-bond donors (Lipinski definition) is 2. The van der Waals surface area contributed by atoms with Crippen molar-refractivity contribution >= 4 is 61.8 Å². The van der Waals surface area contributed by atoms with E-state index in [0.29, 0.717) is 22.8 Å². The minimum absolute atomic E-state index is 0.229. The van der Waals surface area contributed by atoms with Crippen molar-refractivity contribution < 1.29 is 22.7 Å². The predicted octanol–water partition coefficient (Wildman–Crippen LogP) is 4.20. The minimum Gasteiger partial charge on any atom is -0.484 e. The zero-order valence-corrected chi connectivity index (χ0v) is 19.6. The molecule has 0 aliphatic carbocycles. The molecule has 168 valence electrons. The number of benzene rings is 2.